The van der Waals surface area contributed by atoms with E-state index in [9.17, 15) is 13.6 Å². The van der Waals surface area contributed by atoms with Crippen molar-refractivity contribution in [1.82, 2.24) is 0 Å². The van der Waals surface area contributed by atoms with Crippen LogP contribution in [-0.4, -0.2) is 23.8 Å². The highest BCUT2D eigenvalue weighted by Gasteiger charge is 2.42. The molecule has 0 aliphatic heterocycles. The van der Waals surface area contributed by atoms with E-state index in [1.165, 1.54) is 49.9 Å². The quantitative estimate of drug-likeness (QED) is 0.611. The maximum atomic E-state index is 12.9. The molecule has 4 nitrogen and oxygen atoms in total. The van der Waals surface area contributed by atoms with Gasteiger partial charge in [-0.25, -0.2) is 4.79 Å². The molecule has 0 aliphatic rings. The van der Waals surface area contributed by atoms with E-state index in [1.807, 2.05) is 0 Å². The van der Waals surface area contributed by atoms with Crippen LogP contribution in [-0.2, 0) is 4.79 Å². The highest BCUT2D eigenvalue weighted by molar-refractivity contribution is 5.73. The molecule has 0 saturated heterocycles. The van der Waals surface area contributed by atoms with Crippen LogP contribution >= 0.6 is 0 Å². The van der Waals surface area contributed by atoms with E-state index >= 15 is 0 Å². The minimum atomic E-state index is -4.24. The fourth-order valence-corrected chi connectivity index (χ4v) is 1.87. The number of carboxylic acids is 1. The molecule has 0 atom stereocenters. The number of unbranched alkanes of at least 4 members (excludes halogenated alkanes) is 5. The predicted octanol–water partition coefficient (Wildman–Crippen LogP) is 4.48. The van der Waals surface area contributed by atoms with Gasteiger partial charge < -0.3 is 14.6 Å². The largest absolute Gasteiger partial charge is 0.501 e. The van der Waals surface area contributed by atoms with Gasteiger partial charge in [-0.1, -0.05) is 39.0 Å². The van der Waals surface area contributed by atoms with Crippen molar-refractivity contribution < 1.29 is 28.2 Å². The topological polar surface area (TPSA) is 55.8 Å². The first-order chi connectivity index (χ1) is 10.5. The Hall–Kier alpha value is -1.85. The molecule has 124 valence electrons. The van der Waals surface area contributed by atoms with Gasteiger partial charge in [-0.2, -0.15) is 8.78 Å². The van der Waals surface area contributed by atoms with Crippen LogP contribution in [0.4, 0.5) is 8.78 Å². The lowest BCUT2D eigenvalue weighted by atomic mass is 10.1. The normalized spacial score (nSPS) is 11.2. The predicted molar refractivity (Wildman–Crippen MR) is 78.5 cm³/mol. The van der Waals surface area contributed by atoms with Crippen molar-refractivity contribution >= 4 is 5.97 Å². The van der Waals surface area contributed by atoms with Gasteiger partial charge in [-0.15, -0.1) is 0 Å². The number of benzene rings is 1. The second-order valence-corrected chi connectivity index (χ2v) is 5.01. The van der Waals surface area contributed by atoms with E-state index < -0.39 is 12.1 Å². The molecule has 0 spiro atoms. The summed E-state index contributed by atoms with van der Waals surface area (Å²) in [7, 11) is 0. The zero-order valence-corrected chi connectivity index (χ0v) is 12.7. The molecule has 1 aromatic rings. The SMILES string of the molecule is CCCCCCCCOc1ccc(OC(F)(F)C(=O)O)cc1. The van der Waals surface area contributed by atoms with Crippen molar-refractivity contribution in [1.29, 1.82) is 0 Å². The van der Waals surface area contributed by atoms with E-state index in [1.54, 1.807) is 0 Å². The van der Waals surface area contributed by atoms with Crippen molar-refractivity contribution in [3.8, 4) is 11.5 Å². The second-order valence-electron chi connectivity index (χ2n) is 5.01. The third-order valence-electron chi connectivity index (χ3n) is 3.09. The number of aliphatic carboxylic acids is 1. The molecule has 0 unspecified atom stereocenters. The summed E-state index contributed by atoms with van der Waals surface area (Å²) in [6, 6.07) is 5.47. The minimum Gasteiger partial charge on any atom is -0.494 e. The van der Waals surface area contributed by atoms with Crippen molar-refractivity contribution in [2.24, 2.45) is 0 Å². The zero-order chi connectivity index (χ0) is 16.4. The van der Waals surface area contributed by atoms with Crippen molar-refractivity contribution in [3.63, 3.8) is 0 Å². The van der Waals surface area contributed by atoms with Gasteiger partial charge >= 0.3 is 12.1 Å². The lowest BCUT2D eigenvalue weighted by Crippen LogP contribution is -2.34. The van der Waals surface area contributed by atoms with E-state index in [4.69, 9.17) is 9.84 Å². The van der Waals surface area contributed by atoms with E-state index in [0.717, 1.165) is 12.8 Å². The van der Waals surface area contributed by atoms with Gasteiger partial charge in [0.05, 0.1) is 6.61 Å². The van der Waals surface area contributed by atoms with Crippen LogP contribution in [0.2, 0.25) is 0 Å². The number of hydrogen-bond acceptors (Lipinski definition) is 3. The summed E-state index contributed by atoms with van der Waals surface area (Å²) < 4.78 is 35.3. The number of carboxylic acid groups (broad SMARTS) is 1. The maximum Gasteiger partial charge on any atom is 0.501 e. The number of hydrogen-bond donors (Lipinski definition) is 1. The molecule has 6 heteroatoms. The molecule has 0 aromatic heterocycles. The molecule has 0 radical (unpaired) electrons. The Balaban J connectivity index is 2.29. The van der Waals surface area contributed by atoms with Gasteiger partial charge in [0.1, 0.15) is 11.5 Å². The highest BCUT2D eigenvalue weighted by Crippen LogP contribution is 2.24. The number of ether oxygens (including phenoxy) is 2. The first kappa shape index (κ1) is 18.2. The summed E-state index contributed by atoms with van der Waals surface area (Å²) in [4.78, 5) is 10.3. The minimum absolute atomic E-state index is 0.223. The standard InChI is InChI=1S/C16H22F2O4/c1-2-3-4-5-6-7-12-21-13-8-10-14(11-9-13)22-16(17,18)15(19)20/h8-11H,2-7,12H2,1H3,(H,19,20). The maximum absolute atomic E-state index is 12.9. The number of rotatable bonds is 11. The summed E-state index contributed by atoms with van der Waals surface area (Å²) in [5.41, 5.74) is 0. The molecular formula is C16H22F2O4. The van der Waals surface area contributed by atoms with Crippen molar-refractivity contribution in [2.75, 3.05) is 6.61 Å². The average Bonchev–Trinajstić information content (AvgIpc) is 2.47. The summed E-state index contributed by atoms with van der Waals surface area (Å²) in [6.45, 7) is 2.74. The Bertz CT molecular complexity index is 446. The molecule has 22 heavy (non-hydrogen) atoms. The van der Waals surface area contributed by atoms with Crippen LogP contribution in [0.1, 0.15) is 45.4 Å². The van der Waals surface area contributed by atoms with Crippen LogP contribution in [0.25, 0.3) is 0 Å². The molecular weight excluding hydrogens is 294 g/mol. The fourth-order valence-electron chi connectivity index (χ4n) is 1.87. The second kappa shape index (κ2) is 9.23. The molecule has 0 heterocycles. The Morgan fingerprint density at radius 3 is 2.18 bits per heavy atom. The summed E-state index contributed by atoms with van der Waals surface area (Å²) in [5, 5.41) is 8.28. The average molecular weight is 316 g/mol. The Labute approximate surface area is 129 Å². The molecule has 0 bridgehead atoms. The van der Waals surface area contributed by atoms with Crippen LogP contribution < -0.4 is 9.47 Å². The van der Waals surface area contributed by atoms with Gasteiger partial charge in [0, 0.05) is 0 Å². The van der Waals surface area contributed by atoms with Crippen LogP contribution in [0, 0.1) is 0 Å². The summed E-state index contributed by atoms with van der Waals surface area (Å²) >= 11 is 0. The Morgan fingerprint density at radius 2 is 1.59 bits per heavy atom. The molecule has 1 rings (SSSR count). The Kier molecular flexibility index (Phi) is 7.63. The third-order valence-corrected chi connectivity index (χ3v) is 3.09. The molecule has 0 amide bonds. The lowest BCUT2D eigenvalue weighted by Gasteiger charge is -2.13. The zero-order valence-electron chi connectivity index (χ0n) is 12.7. The molecule has 1 aromatic carbocycles. The van der Waals surface area contributed by atoms with Crippen LogP contribution in [0.15, 0.2) is 24.3 Å². The number of halogens is 2. The summed E-state index contributed by atoms with van der Waals surface area (Å²) in [6.07, 6.45) is 2.70. The Morgan fingerprint density at radius 1 is 1.05 bits per heavy atom. The van der Waals surface area contributed by atoms with Crippen molar-refractivity contribution in [3.05, 3.63) is 24.3 Å². The van der Waals surface area contributed by atoms with E-state index in [0.29, 0.717) is 12.4 Å². The summed E-state index contributed by atoms with van der Waals surface area (Å²) in [5.74, 6) is -2.00. The number of carbonyl (C=O) groups is 1. The van der Waals surface area contributed by atoms with Gasteiger partial charge in [0.15, 0.2) is 0 Å². The smallest absolute Gasteiger partial charge is 0.494 e. The van der Waals surface area contributed by atoms with Crippen LogP contribution in [0.5, 0.6) is 11.5 Å². The number of alkyl halides is 2. The first-order valence-corrected chi connectivity index (χ1v) is 7.49. The molecule has 1 N–H and O–H groups in total. The van der Waals surface area contributed by atoms with E-state index in [2.05, 4.69) is 11.7 Å². The van der Waals surface area contributed by atoms with Gasteiger partial charge in [-0.3, -0.25) is 0 Å². The molecule has 0 fully saturated rings. The monoisotopic (exact) mass is 316 g/mol. The van der Waals surface area contributed by atoms with Gasteiger partial charge in [0.2, 0.25) is 0 Å². The highest BCUT2D eigenvalue weighted by atomic mass is 19.3. The molecule has 0 saturated carbocycles. The van der Waals surface area contributed by atoms with Gasteiger partial charge in [0.25, 0.3) is 0 Å². The van der Waals surface area contributed by atoms with E-state index in [-0.39, 0.29) is 5.75 Å². The van der Waals surface area contributed by atoms with Crippen molar-refractivity contribution in [2.45, 2.75) is 51.6 Å². The van der Waals surface area contributed by atoms with Gasteiger partial charge in [-0.05, 0) is 30.7 Å². The first-order valence-electron chi connectivity index (χ1n) is 7.49. The molecule has 0 aliphatic carbocycles. The van der Waals surface area contributed by atoms with Crippen LogP contribution in [0.3, 0.4) is 0 Å². The lowest BCUT2D eigenvalue weighted by molar-refractivity contribution is -0.210. The fraction of sp³-hybridized carbons (Fsp3) is 0.562. The third kappa shape index (κ3) is 6.74.